The van der Waals surface area contributed by atoms with Crippen LogP contribution in [0, 0.1) is 6.92 Å². The summed E-state index contributed by atoms with van der Waals surface area (Å²) in [6.07, 6.45) is 1.44. The number of nitrogens with one attached hydrogen (secondary N) is 2. The molecule has 0 bridgehead atoms. The van der Waals surface area contributed by atoms with Crippen molar-refractivity contribution in [1.29, 1.82) is 0 Å². The molecule has 0 saturated carbocycles. The lowest BCUT2D eigenvalue weighted by Crippen LogP contribution is -2.47. The summed E-state index contributed by atoms with van der Waals surface area (Å²) in [6.45, 7) is 5.37. The lowest BCUT2D eigenvalue weighted by molar-refractivity contribution is 0.0945. The Morgan fingerprint density at radius 3 is 2.23 bits per heavy atom. The number of piperazine rings is 1. The van der Waals surface area contributed by atoms with Gasteiger partial charge in [0.25, 0.3) is 11.8 Å². The van der Waals surface area contributed by atoms with Gasteiger partial charge in [-0.15, -0.1) is 0 Å². The smallest absolute Gasteiger partial charge is 0.291 e. The second kappa shape index (κ2) is 11.8. The molecule has 1 aromatic heterocycles. The van der Waals surface area contributed by atoms with Gasteiger partial charge in [-0.25, -0.2) is 0 Å². The first-order chi connectivity index (χ1) is 19.4. The average molecular weight is 538 g/mol. The number of para-hydroxylation sites is 1. The number of aryl methyl sites for hydroxylation is 1. The summed E-state index contributed by atoms with van der Waals surface area (Å²) < 4.78 is 5.27. The molecule has 3 aromatic carbocycles. The maximum atomic E-state index is 13.1. The minimum absolute atomic E-state index is 0.134. The van der Waals surface area contributed by atoms with E-state index >= 15 is 0 Å². The maximum absolute atomic E-state index is 13.1. The van der Waals surface area contributed by atoms with Crippen molar-refractivity contribution >= 4 is 34.8 Å². The topological polar surface area (TPSA) is 121 Å². The number of hydrogen-bond acceptors (Lipinski definition) is 6. The van der Waals surface area contributed by atoms with Crippen LogP contribution in [-0.2, 0) is 6.54 Å². The van der Waals surface area contributed by atoms with Crippen molar-refractivity contribution in [2.75, 3.05) is 41.3 Å². The molecule has 40 heavy (non-hydrogen) atoms. The van der Waals surface area contributed by atoms with Gasteiger partial charge in [0, 0.05) is 49.5 Å². The zero-order chi connectivity index (χ0) is 28.1. The zero-order valence-corrected chi connectivity index (χ0v) is 22.2. The van der Waals surface area contributed by atoms with Gasteiger partial charge in [-0.1, -0.05) is 36.4 Å². The Kier molecular flexibility index (Phi) is 7.82. The van der Waals surface area contributed by atoms with E-state index in [1.165, 1.54) is 17.5 Å². The van der Waals surface area contributed by atoms with Crippen LogP contribution in [0.15, 0.2) is 89.5 Å². The molecular formula is C31H31N5O4. The molecule has 0 atom stereocenters. The summed E-state index contributed by atoms with van der Waals surface area (Å²) >= 11 is 0. The fourth-order valence-corrected chi connectivity index (χ4v) is 4.94. The number of nitrogens with two attached hydrogens (primary N) is 1. The summed E-state index contributed by atoms with van der Waals surface area (Å²) in [5.41, 5.74) is 10.6. The number of anilines is 3. The van der Waals surface area contributed by atoms with Crippen LogP contribution in [0.3, 0.4) is 0 Å². The monoisotopic (exact) mass is 537 g/mol. The lowest BCUT2D eigenvalue weighted by atomic mass is 10.1. The van der Waals surface area contributed by atoms with Gasteiger partial charge in [-0.3, -0.25) is 14.4 Å². The van der Waals surface area contributed by atoms with Gasteiger partial charge >= 0.3 is 0 Å². The number of carbonyl (C=O) groups is 3. The van der Waals surface area contributed by atoms with Gasteiger partial charge in [0.1, 0.15) is 0 Å². The Bertz CT molecular complexity index is 1520. The van der Waals surface area contributed by atoms with Crippen LogP contribution >= 0.6 is 0 Å². The molecule has 4 N–H and O–H groups in total. The highest BCUT2D eigenvalue weighted by atomic mass is 16.3. The molecular weight excluding hydrogens is 506 g/mol. The largest absolute Gasteiger partial charge is 0.459 e. The second-order valence-corrected chi connectivity index (χ2v) is 9.63. The highest BCUT2D eigenvalue weighted by Crippen LogP contribution is 2.30. The van der Waals surface area contributed by atoms with Gasteiger partial charge in [-0.2, -0.15) is 0 Å². The Balaban J connectivity index is 1.35. The summed E-state index contributed by atoms with van der Waals surface area (Å²) in [6, 6.07) is 23.7. The van der Waals surface area contributed by atoms with Crippen molar-refractivity contribution in [2.45, 2.75) is 13.5 Å². The molecule has 4 aromatic rings. The number of nitrogens with zero attached hydrogens (tertiary/aromatic N) is 2. The second-order valence-electron chi connectivity index (χ2n) is 9.63. The van der Waals surface area contributed by atoms with Crippen LogP contribution in [-0.4, -0.2) is 43.9 Å². The van der Waals surface area contributed by atoms with Crippen molar-refractivity contribution in [3.63, 3.8) is 0 Å². The van der Waals surface area contributed by atoms with E-state index in [4.69, 9.17) is 10.2 Å². The van der Waals surface area contributed by atoms with Crippen molar-refractivity contribution in [2.24, 2.45) is 5.73 Å². The zero-order valence-electron chi connectivity index (χ0n) is 22.2. The van der Waals surface area contributed by atoms with E-state index in [1.54, 1.807) is 48.5 Å². The predicted molar refractivity (Wildman–Crippen MR) is 155 cm³/mol. The summed E-state index contributed by atoms with van der Waals surface area (Å²) in [4.78, 5) is 42.3. The fourth-order valence-electron chi connectivity index (χ4n) is 4.94. The molecule has 0 aliphatic carbocycles. The van der Waals surface area contributed by atoms with E-state index in [9.17, 15) is 14.4 Å². The van der Waals surface area contributed by atoms with E-state index in [0.29, 0.717) is 22.4 Å². The van der Waals surface area contributed by atoms with Crippen molar-refractivity contribution < 1.29 is 18.8 Å². The lowest BCUT2D eigenvalue weighted by Gasteiger charge is -2.38. The minimum atomic E-state index is -0.556. The molecule has 2 heterocycles. The molecule has 3 amide bonds. The fraction of sp³-hybridized carbons (Fsp3) is 0.194. The molecule has 1 fully saturated rings. The quantitative estimate of drug-likeness (QED) is 0.310. The maximum Gasteiger partial charge on any atom is 0.291 e. The molecule has 9 nitrogen and oxygen atoms in total. The Hall–Kier alpha value is -5.05. The molecule has 0 spiro atoms. The number of benzene rings is 3. The van der Waals surface area contributed by atoms with E-state index in [2.05, 4.69) is 39.5 Å². The third kappa shape index (κ3) is 5.83. The highest BCUT2D eigenvalue weighted by Gasteiger charge is 2.23. The van der Waals surface area contributed by atoms with Crippen molar-refractivity contribution in [3.05, 3.63) is 113 Å². The standard InChI is InChI=1S/C31H31N5O4/c1-21-7-2-5-10-26(21)35-14-16-36(17-15-35)27-13-12-22(19-25(27)34-31(39)28-11-6-18-40-28)30(38)33-20-23-8-3-4-9-24(23)29(32)37/h2-13,18-19H,14-17,20H2,1H3,(H2,32,37)(H,33,38)(H,34,39). The Labute approximate surface area is 232 Å². The van der Waals surface area contributed by atoms with E-state index in [-0.39, 0.29) is 18.2 Å². The van der Waals surface area contributed by atoms with Crippen molar-refractivity contribution in [1.82, 2.24) is 5.32 Å². The molecule has 0 radical (unpaired) electrons. The molecule has 0 unspecified atom stereocenters. The number of hydrogen-bond donors (Lipinski definition) is 3. The molecule has 1 aliphatic rings. The van der Waals surface area contributed by atoms with Crippen LogP contribution < -0.4 is 26.2 Å². The van der Waals surface area contributed by atoms with Gasteiger partial charge < -0.3 is 30.6 Å². The molecule has 204 valence electrons. The highest BCUT2D eigenvalue weighted by molar-refractivity contribution is 6.05. The first-order valence-electron chi connectivity index (χ1n) is 13.1. The first-order valence-corrected chi connectivity index (χ1v) is 13.1. The number of carbonyl (C=O) groups excluding carboxylic acids is 3. The summed E-state index contributed by atoms with van der Waals surface area (Å²) in [5.74, 6) is -1.13. The van der Waals surface area contributed by atoms with E-state index in [0.717, 1.165) is 31.9 Å². The predicted octanol–water partition coefficient (Wildman–Crippen LogP) is 4.20. The van der Waals surface area contributed by atoms with Gasteiger partial charge in [-0.05, 0) is 60.5 Å². The van der Waals surface area contributed by atoms with Gasteiger partial charge in [0.05, 0.1) is 17.6 Å². The van der Waals surface area contributed by atoms with Crippen LogP contribution in [0.2, 0.25) is 0 Å². The number of rotatable bonds is 8. The summed E-state index contributed by atoms with van der Waals surface area (Å²) in [7, 11) is 0. The third-order valence-corrected chi connectivity index (χ3v) is 7.05. The Morgan fingerprint density at radius 2 is 1.52 bits per heavy atom. The molecule has 9 heteroatoms. The summed E-state index contributed by atoms with van der Waals surface area (Å²) in [5, 5.41) is 5.77. The molecule has 1 aliphatic heterocycles. The van der Waals surface area contributed by atoms with Crippen LogP contribution in [0.25, 0.3) is 0 Å². The third-order valence-electron chi connectivity index (χ3n) is 7.05. The average Bonchev–Trinajstić information content (AvgIpc) is 3.52. The van der Waals surface area contributed by atoms with Crippen molar-refractivity contribution in [3.8, 4) is 0 Å². The van der Waals surface area contributed by atoms with Crippen LogP contribution in [0.5, 0.6) is 0 Å². The van der Waals surface area contributed by atoms with E-state index < -0.39 is 11.8 Å². The first kappa shape index (κ1) is 26.6. The number of primary amides is 1. The van der Waals surface area contributed by atoms with Crippen LogP contribution in [0.1, 0.15) is 42.4 Å². The van der Waals surface area contributed by atoms with Crippen LogP contribution in [0.4, 0.5) is 17.1 Å². The van der Waals surface area contributed by atoms with Gasteiger partial charge in [0.2, 0.25) is 5.91 Å². The van der Waals surface area contributed by atoms with Gasteiger partial charge in [0.15, 0.2) is 5.76 Å². The number of amides is 3. The normalized spacial score (nSPS) is 13.1. The Morgan fingerprint density at radius 1 is 0.825 bits per heavy atom. The SMILES string of the molecule is Cc1ccccc1N1CCN(c2ccc(C(=O)NCc3ccccc3C(N)=O)cc2NC(=O)c2ccco2)CC1. The molecule has 1 saturated heterocycles. The van der Waals surface area contributed by atoms with E-state index in [1.807, 2.05) is 18.2 Å². The number of furan rings is 1. The minimum Gasteiger partial charge on any atom is -0.459 e. The molecule has 5 rings (SSSR count).